The van der Waals surface area contributed by atoms with Crippen molar-refractivity contribution in [2.75, 3.05) is 19.8 Å². The molecule has 0 spiro atoms. The molecule has 1 atom stereocenters. The molecule has 0 bridgehead atoms. The van der Waals surface area contributed by atoms with Crippen molar-refractivity contribution in [3.63, 3.8) is 0 Å². The van der Waals surface area contributed by atoms with Crippen LogP contribution in [0.2, 0.25) is 0 Å². The van der Waals surface area contributed by atoms with Crippen molar-refractivity contribution in [3.8, 4) is 0 Å². The summed E-state index contributed by atoms with van der Waals surface area (Å²) in [5.41, 5.74) is 1.14. The third-order valence-electron chi connectivity index (χ3n) is 4.59. The molecule has 1 amide bonds. The second-order valence-electron chi connectivity index (χ2n) is 7.41. The first-order valence-electron chi connectivity index (χ1n) is 9.36. The topological polar surface area (TPSA) is 50.4 Å². The summed E-state index contributed by atoms with van der Waals surface area (Å²) in [5.74, 6) is 0.231. The zero-order valence-corrected chi connectivity index (χ0v) is 15.6. The van der Waals surface area contributed by atoms with Gasteiger partial charge in [0.1, 0.15) is 5.82 Å². The molecule has 1 heterocycles. The monoisotopic (exact) mass is 350 g/mol. The van der Waals surface area contributed by atoms with Crippen LogP contribution in [-0.4, -0.2) is 37.7 Å². The molecule has 0 aliphatic carbocycles. The van der Waals surface area contributed by atoms with E-state index in [0.717, 1.165) is 25.8 Å². The second kappa shape index (κ2) is 9.88. The van der Waals surface area contributed by atoms with Crippen molar-refractivity contribution in [2.45, 2.75) is 58.5 Å². The Bertz CT molecular complexity index is 557. The summed E-state index contributed by atoms with van der Waals surface area (Å²) in [6.45, 7) is 8.76. The Morgan fingerprint density at radius 1 is 1.28 bits per heavy atom. The van der Waals surface area contributed by atoms with Gasteiger partial charge in [0.15, 0.2) is 0 Å². The smallest absolute Gasteiger partial charge is 0.251 e. The van der Waals surface area contributed by atoms with Crippen LogP contribution in [0.1, 0.15) is 56.0 Å². The van der Waals surface area contributed by atoms with Gasteiger partial charge in [0, 0.05) is 30.9 Å². The molecule has 1 fully saturated rings. The fourth-order valence-electron chi connectivity index (χ4n) is 2.93. The van der Waals surface area contributed by atoms with Gasteiger partial charge in [-0.1, -0.05) is 13.8 Å². The lowest BCUT2D eigenvalue weighted by molar-refractivity contribution is 0.0696. The molecule has 0 unspecified atom stereocenters. The van der Waals surface area contributed by atoms with E-state index >= 15 is 0 Å². The zero-order chi connectivity index (χ0) is 18.2. The van der Waals surface area contributed by atoms with Crippen molar-refractivity contribution in [3.05, 3.63) is 35.1 Å². The summed E-state index contributed by atoms with van der Waals surface area (Å²) in [7, 11) is 0. The van der Waals surface area contributed by atoms with Crippen LogP contribution >= 0.6 is 0 Å². The summed E-state index contributed by atoms with van der Waals surface area (Å²) >= 11 is 0. The van der Waals surface area contributed by atoms with Gasteiger partial charge in [0.25, 0.3) is 5.91 Å². The molecule has 2 N–H and O–H groups in total. The Balaban J connectivity index is 1.91. The number of ether oxygens (including phenoxy) is 1. The maximum atomic E-state index is 14.1. The SMILES string of the molecule is CC(C)CN[C@H](C)CCc1cc(C(=O)NC2CCOCC2)ccc1F. The first kappa shape index (κ1) is 19.9. The highest BCUT2D eigenvalue weighted by Gasteiger charge is 2.18. The number of hydrogen-bond donors (Lipinski definition) is 2. The van der Waals surface area contributed by atoms with E-state index in [0.29, 0.717) is 42.7 Å². The van der Waals surface area contributed by atoms with Crippen molar-refractivity contribution in [1.29, 1.82) is 0 Å². The number of halogens is 1. The van der Waals surface area contributed by atoms with Gasteiger partial charge >= 0.3 is 0 Å². The van der Waals surface area contributed by atoms with Crippen LogP contribution in [0.25, 0.3) is 0 Å². The van der Waals surface area contributed by atoms with Crippen LogP contribution in [0, 0.1) is 11.7 Å². The minimum Gasteiger partial charge on any atom is -0.381 e. The molecule has 5 heteroatoms. The number of nitrogens with one attached hydrogen (secondary N) is 2. The number of carbonyl (C=O) groups is 1. The molecule has 4 nitrogen and oxygen atoms in total. The van der Waals surface area contributed by atoms with Gasteiger partial charge in [0.05, 0.1) is 0 Å². The summed E-state index contributed by atoms with van der Waals surface area (Å²) in [6, 6.07) is 5.13. The fraction of sp³-hybridized carbons (Fsp3) is 0.650. The molecule has 140 valence electrons. The Labute approximate surface area is 150 Å². The number of amides is 1. The van der Waals surface area contributed by atoms with Gasteiger partial charge in [-0.3, -0.25) is 4.79 Å². The summed E-state index contributed by atoms with van der Waals surface area (Å²) in [6.07, 6.45) is 3.13. The average molecular weight is 350 g/mol. The maximum Gasteiger partial charge on any atom is 0.251 e. The largest absolute Gasteiger partial charge is 0.381 e. The summed E-state index contributed by atoms with van der Waals surface area (Å²) in [5, 5.41) is 6.48. The van der Waals surface area contributed by atoms with Crippen molar-refractivity contribution < 1.29 is 13.9 Å². The average Bonchev–Trinajstić information content (AvgIpc) is 2.60. The van der Waals surface area contributed by atoms with Crippen LogP contribution in [-0.2, 0) is 11.2 Å². The first-order valence-corrected chi connectivity index (χ1v) is 9.36. The van der Waals surface area contributed by atoms with Crippen molar-refractivity contribution in [1.82, 2.24) is 10.6 Å². The molecule has 1 aromatic rings. The Kier molecular flexibility index (Phi) is 7.85. The Morgan fingerprint density at radius 3 is 2.68 bits per heavy atom. The second-order valence-corrected chi connectivity index (χ2v) is 7.41. The van der Waals surface area contributed by atoms with Gasteiger partial charge in [-0.05, 0) is 68.8 Å². The van der Waals surface area contributed by atoms with E-state index in [1.165, 1.54) is 6.07 Å². The standard InChI is InChI=1S/C20H31FN2O2/c1-14(2)13-22-15(3)4-5-16-12-17(6-7-19(16)21)20(24)23-18-8-10-25-11-9-18/h6-7,12,14-15,18,22H,4-5,8-11,13H2,1-3H3,(H,23,24)/t15-/m1/s1. The van der Waals surface area contributed by atoms with Crippen LogP contribution in [0.15, 0.2) is 18.2 Å². The lowest BCUT2D eigenvalue weighted by Gasteiger charge is -2.23. The van der Waals surface area contributed by atoms with Gasteiger partial charge in [-0.25, -0.2) is 4.39 Å². The van der Waals surface area contributed by atoms with Gasteiger partial charge in [0.2, 0.25) is 0 Å². The minimum atomic E-state index is -0.237. The molecular weight excluding hydrogens is 319 g/mol. The molecule has 1 aromatic carbocycles. The predicted octanol–water partition coefficient (Wildman–Crippen LogP) is 3.30. The molecule has 0 aromatic heterocycles. The molecule has 2 rings (SSSR count). The number of benzene rings is 1. The number of aryl methyl sites for hydroxylation is 1. The molecule has 1 aliphatic rings. The van der Waals surface area contributed by atoms with E-state index in [9.17, 15) is 9.18 Å². The lowest BCUT2D eigenvalue weighted by atomic mass is 10.0. The third kappa shape index (κ3) is 6.75. The van der Waals surface area contributed by atoms with E-state index in [1.807, 2.05) is 0 Å². The van der Waals surface area contributed by atoms with Crippen LogP contribution < -0.4 is 10.6 Å². The van der Waals surface area contributed by atoms with E-state index in [2.05, 4.69) is 31.4 Å². The van der Waals surface area contributed by atoms with Crippen molar-refractivity contribution in [2.24, 2.45) is 5.92 Å². The summed E-state index contributed by atoms with van der Waals surface area (Å²) in [4.78, 5) is 12.4. The fourth-order valence-corrected chi connectivity index (χ4v) is 2.93. The molecule has 0 saturated carbocycles. The highest BCUT2D eigenvalue weighted by molar-refractivity contribution is 5.94. The van der Waals surface area contributed by atoms with E-state index in [4.69, 9.17) is 4.74 Å². The first-order chi connectivity index (χ1) is 12.0. The van der Waals surface area contributed by atoms with Gasteiger partial charge in [-0.15, -0.1) is 0 Å². The normalized spacial score (nSPS) is 16.8. The van der Waals surface area contributed by atoms with Gasteiger partial charge < -0.3 is 15.4 Å². The van der Waals surface area contributed by atoms with E-state index < -0.39 is 0 Å². The van der Waals surface area contributed by atoms with E-state index in [1.54, 1.807) is 12.1 Å². The quantitative estimate of drug-likeness (QED) is 0.756. The van der Waals surface area contributed by atoms with Gasteiger partial charge in [-0.2, -0.15) is 0 Å². The lowest BCUT2D eigenvalue weighted by Crippen LogP contribution is -2.38. The molecule has 0 radical (unpaired) electrons. The van der Waals surface area contributed by atoms with Crippen LogP contribution in [0.3, 0.4) is 0 Å². The molecule has 1 aliphatic heterocycles. The predicted molar refractivity (Wildman–Crippen MR) is 98.3 cm³/mol. The van der Waals surface area contributed by atoms with Crippen LogP contribution in [0.4, 0.5) is 4.39 Å². The number of rotatable bonds is 8. The Morgan fingerprint density at radius 2 is 2.00 bits per heavy atom. The Hall–Kier alpha value is -1.46. The summed E-state index contributed by atoms with van der Waals surface area (Å²) < 4.78 is 19.4. The number of carbonyl (C=O) groups excluding carboxylic acids is 1. The number of hydrogen-bond acceptors (Lipinski definition) is 3. The highest BCUT2D eigenvalue weighted by atomic mass is 19.1. The molecular formula is C20H31FN2O2. The highest BCUT2D eigenvalue weighted by Crippen LogP contribution is 2.15. The zero-order valence-electron chi connectivity index (χ0n) is 15.6. The maximum absolute atomic E-state index is 14.1. The molecule has 1 saturated heterocycles. The van der Waals surface area contributed by atoms with Crippen LogP contribution in [0.5, 0.6) is 0 Å². The molecule has 25 heavy (non-hydrogen) atoms. The van der Waals surface area contributed by atoms with E-state index in [-0.39, 0.29) is 17.8 Å². The third-order valence-corrected chi connectivity index (χ3v) is 4.59. The minimum absolute atomic E-state index is 0.126. The van der Waals surface area contributed by atoms with Crippen molar-refractivity contribution >= 4 is 5.91 Å².